The molecule has 1 aliphatic heterocycles. The van der Waals surface area contributed by atoms with E-state index in [1.165, 1.54) is 58.2 Å². The first kappa shape index (κ1) is 13.8. The smallest absolute Gasteiger partial charge is 0.0661 e. The predicted octanol–water partition coefficient (Wildman–Crippen LogP) is 2.41. The second kappa shape index (κ2) is 5.71. The summed E-state index contributed by atoms with van der Waals surface area (Å²) in [6.07, 6.45) is 8.67. The Balaban J connectivity index is 1.49. The van der Waals surface area contributed by atoms with Gasteiger partial charge in [0.2, 0.25) is 0 Å². The number of piperidine rings is 1. The fourth-order valence-corrected chi connectivity index (χ4v) is 4.37. The van der Waals surface area contributed by atoms with Crippen LogP contribution >= 0.6 is 0 Å². The maximum atomic E-state index is 5.94. The lowest BCUT2D eigenvalue weighted by atomic mass is 9.51. The fraction of sp³-hybridized carbons (Fsp3) is 1.00. The molecule has 1 N–H and O–H groups in total. The van der Waals surface area contributed by atoms with Gasteiger partial charge < -0.3 is 15.0 Å². The Bertz CT molecular complexity index is 295. The number of nitrogens with zero attached hydrogens (tertiary/aromatic N) is 1. The maximum absolute atomic E-state index is 5.94. The molecule has 2 aliphatic carbocycles. The van der Waals surface area contributed by atoms with Crippen LogP contribution in [0.4, 0.5) is 0 Å². The first-order chi connectivity index (χ1) is 9.28. The van der Waals surface area contributed by atoms with Crippen LogP contribution in [0.1, 0.15) is 52.4 Å². The zero-order valence-electron chi connectivity index (χ0n) is 12.7. The van der Waals surface area contributed by atoms with Crippen molar-refractivity contribution in [1.82, 2.24) is 10.2 Å². The van der Waals surface area contributed by atoms with Gasteiger partial charge in [0.25, 0.3) is 0 Å². The van der Waals surface area contributed by atoms with Crippen molar-refractivity contribution in [2.75, 3.05) is 26.2 Å². The minimum absolute atomic E-state index is 0.526. The van der Waals surface area contributed by atoms with Crippen LogP contribution in [0.2, 0.25) is 0 Å². The fourth-order valence-electron chi connectivity index (χ4n) is 4.37. The van der Waals surface area contributed by atoms with Crippen molar-refractivity contribution in [3.63, 3.8) is 0 Å². The van der Waals surface area contributed by atoms with Crippen molar-refractivity contribution in [3.8, 4) is 0 Å². The molecule has 0 radical (unpaired) electrons. The minimum atomic E-state index is 0.526. The lowest BCUT2D eigenvalue weighted by Gasteiger charge is -2.62. The average molecular weight is 266 g/mol. The van der Waals surface area contributed by atoms with E-state index in [0.29, 0.717) is 11.5 Å². The molecule has 1 heterocycles. The van der Waals surface area contributed by atoms with Gasteiger partial charge in [-0.2, -0.15) is 0 Å². The Hall–Kier alpha value is -0.120. The summed E-state index contributed by atoms with van der Waals surface area (Å²) in [5, 5.41) is 3.97. The normalized spacial score (nSPS) is 35.1. The second-order valence-electron chi connectivity index (χ2n) is 6.69. The van der Waals surface area contributed by atoms with E-state index in [1.807, 2.05) is 0 Å². The molecule has 0 aromatic rings. The SMILES string of the molecule is CCOC1CC(NC2CCN(CC)CC2)C12CCC2. The van der Waals surface area contributed by atoms with E-state index in [9.17, 15) is 0 Å². The first-order valence-corrected chi connectivity index (χ1v) is 8.38. The molecule has 1 spiro atoms. The molecule has 2 atom stereocenters. The number of rotatable bonds is 5. The van der Waals surface area contributed by atoms with E-state index < -0.39 is 0 Å². The van der Waals surface area contributed by atoms with Crippen molar-refractivity contribution in [1.29, 1.82) is 0 Å². The summed E-state index contributed by atoms with van der Waals surface area (Å²) in [6, 6.07) is 1.50. The third-order valence-corrected chi connectivity index (χ3v) is 5.91. The van der Waals surface area contributed by atoms with Crippen molar-refractivity contribution in [2.24, 2.45) is 5.41 Å². The Morgan fingerprint density at radius 3 is 2.47 bits per heavy atom. The molecule has 3 nitrogen and oxygen atoms in total. The molecule has 3 rings (SSSR count). The van der Waals surface area contributed by atoms with Crippen molar-refractivity contribution in [2.45, 2.75) is 70.6 Å². The van der Waals surface area contributed by atoms with Gasteiger partial charge in [-0.25, -0.2) is 0 Å². The van der Waals surface area contributed by atoms with Crippen LogP contribution in [-0.4, -0.2) is 49.3 Å². The highest BCUT2D eigenvalue weighted by atomic mass is 16.5. The van der Waals surface area contributed by atoms with Crippen LogP contribution in [-0.2, 0) is 4.74 Å². The highest BCUT2D eigenvalue weighted by Gasteiger charge is 2.58. The highest BCUT2D eigenvalue weighted by molar-refractivity contribution is 5.12. The first-order valence-electron chi connectivity index (χ1n) is 8.38. The van der Waals surface area contributed by atoms with Crippen LogP contribution in [0, 0.1) is 5.41 Å². The van der Waals surface area contributed by atoms with Crippen LogP contribution < -0.4 is 5.32 Å². The van der Waals surface area contributed by atoms with Crippen molar-refractivity contribution >= 4 is 0 Å². The molecule has 2 unspecified atom stereocenters. The molecule has 0 amide bonds. The quantitative estimate of drug-likeness (QED) is 0.827. The van der Waals surface area contributed by atoms with Gasteiger partial charge in [-0.05, 0) is 58.7 Å². The van der Waals surface area contributed by atoms with Crippen LogP contribution in [0.25, 0.3) is 0 Å². The van der Waals surface area contributed by atoms with Crippen LogP contribution in [0.3, 0.4) is 0 Å². The van der Waals surface area contributed by atoms with E-state index in [0.717, 1.165) is 18.7 Å². The van der Waals surface area contributed by atoms with Gasteiger partial charge in [0.15, 0.2) is 0 Å². The average Bonchev–Trinajstić information content (AvgIpc) is 2.36. The zero-order chi connectivity index (χ0) is 13.3. The van der Waals surface area contributed by atoms with E-state index in [2.05, 4.69) is 24.1 Å². The summed E-state index contributed by atoms with van der Waals surface area (Å²) in [6.45, 7) is 9.06. The van der Waals surface area contributed by atoms with Crippen LogP contribution in [0.15, 0.2) is 0 Å². The lowest BCUT2D eigenvalue weighted by molar-refractivity contribution is -0.175. The van der Waals surface area contributed by atoms with Gasteiger partial charge in [0.1, 0.15) is 0 Å². The number of ether oxygens (including phenoxy) is 1. The highest BCUT2D eigenvalue weighted by Crippen LogP contribution is 2.57. The summed E-state index contributed by atoms with van der Waals surface area (Å²) in [7, 11) is 0. The van der Waals surface area contributed by atoms with Crippen molar-refractivity contribution in [3.05, 3.63) is 0 Å². The summed E-state index contributed by atoms with van der Waals surface area (Å²) < 4.78 is 5.94. The van der Waals surface area contributed by atoms with Gasteiger partial charge in [0.05, 0.1) is 6.10 Å². The molecule has 0 aromatic heterocycles. The number of nitrogens with one attached hydrogen (secondary N) is 1. The van der Waals surface area contributed by atoms with Gasteiger partial charge in [0, 0.05) is 24.1 Å². The summed E-state index contributed by atoms with van der Waals surface area (Å²) in [4.78, 5) is 2.57. The second-order valence-corrected chi connectivity index (χ2v) is 6.69. The van der Waals surface area contributed by atoms with E-state index in [-0.39, 0.29) is 0 Å². The number of hydrogen-bond acceptors (Lipinski definition) is 3. The minimum Gasteiger partial charge on any atom is -0.378 e. The van der Waals surface area contributed by atoms with Crippen LogP contribution in [0.5, 0.6) is 0 Å². The molecule has 0 aromatic carbocycles. The Kier molecular flexibility index (Phi) is 4.16. The molecule has 2 saturated carbocycles. The summed E-state index contributed by atoms with van der Waals surface area (Å²) >= 11 is 0. The van der Waals surface area contributed by atoms with E-state index in [1.54, 1.807) is 0 Å². The van der Waals surface area contributed by atoms with Crippen molar-refractivity contribution < 1.29 is 4.74 Å². The third kappa shape index (κ3) is 2.45. The Morgan fingerprint density at radius 2 is 1.95 bits per heavy atom. The van der Waals surface area contributed by atoms with E-state index in [4.69, 9.17) is 4.74 Å². The molecule has 3 aliphatic rings. The maximum Gasteiger partial charge on any atom is 0.0661 e. The standard InChI is InChI=1S/C16H30N2O/c1-3-18-10-6-13(7-11-18)17-14-12-15(19-4-2)16(14)8-5-9-16/h13-15,17H,3-12H2,1-2H3. The molecule has 110 valence electrons. The molecular weight excluding hydrogens is 236 g/mol. The largest absolute Gasteiger partial charge is 0.378 e. The zero-order valence-corrected chi connectivity index (χ0v) is 12.7. The van der Waals surface area contributed by atoms with Gasteiger partial charge in [-0.15, -0.1) is 0 Å². The number of hydrogen-bond donors (Lipinski definition) is 1. The molecule has 3 fully saturated rings. The predicted molar refractivity (Wildman–Crippen MR) is 78.4 cm³/mol. The summed E-state index contributed by atoms with van der Waals surface area (Å²) in [5.74, 6) is 0. The molecule has 1 saturated heterocycles. The third-order valence-electron chi connectivity index (χ3n) is 5.91. The molecule has 3 heteroatoms. The van der Waals surface area contributed by atoms with E-state index >= 15 is 0 Å². The topological polar surface area (TPSA) is 24.5 Å². The molecular formula is C16H30N2O. The number of likely N-dealkylation sites (tertiary alicyclic amines) is 1. The Morgan fingerprint density at radius 1 is 1.21 bits per heavy atom. The van der Waals surface area contributed by atoms with Gasteiger partial charge >= 0.3 is 0 Å². The Labute approximate surface area is 118 Å². The molecule has 19 heavy (non-hydrogen) atoms. The van der Waals surface area contributed by atoms with Gasteiger partial charge in [-0.1, -0.05) is 13.3 Å². The van der Waals surface area contributed by atoms with Gasteiger partial charge in [-0.3, -0.25) is 0 Å². The summed E-state index contributed by atoms with van der Waals surface area (Å²) in [5.41, 5.74) is 0.526. The monoisotopic (exact) mass is 266 g/mol. The lowest BCUT2D eigenvalue weighted by Crippen LogP contribution is -2.68. The molecule has 0 bridgehead atoms.